The molecule has 3 N–H and O–H groups in total. The van der Waals surface area contributed by atoms with Crippen LogP contribution in [0.15, 0.2) is 41.5 Å². The highest BCUT2D eigenvalue weighted by Gasteiger charge is 2.29. The monoisotopic (exact) mass is 458 g/mol. The first-order valence-electron chi connectivity index (χ1n) is 10.8. The van der Waals surface area contributed by atoms with Gasteiger partial charge in [0, 0.05) is 55.0 Å². The lowest BCUT2D eigenvalue weighted by Crippen LogP contribution is -2.56. The number of amidine groups is 1. The Balaban J connectivity index is 1.42. The number of nitrogens with one attached hydrogen (secondary N) is 3. The molecule has 2 aromatic rings. The van der Waals surface area contributed by atoms with E-state index < -0.39 is 10.0 Å². The van der Waals surface area contributed by atoms with E-state index in [0.29, 0.717) is 30.5 Å². The summed E-state index contributed by atoms with van der Waals surface area (Å²) in [5.41, 5.74) is 1.76. The number of amides is 1. The molecule has 4 rings (SSSR count). The molecule has 9 nitrogen and oxygen atoms in total. The number of carbonyl (C=O) groups excluding carboxylic acids is 1. The first-order valence-corrected chi connectivity index (χ1v) is 12.7. The number of rotatable bonds is 5. The summed E-state index contributed by atoms with van der Waals surface area (Å²) in [6.45, 7) is 6.97. The predicted molar refractivity (Wildman–Crippen MR) is 127 cm³/mol. The van der Waals surface area contributed by atoms with Crippen molar-refractivity contribution < 1.29 is 13.2 Å². The van der Waals surface area contributed by atoms with Gasteiger partial charge in [0.15, 0.2) is 0 Å². The third-order valence-corrected chi connectivity index (χ3v) is 6.18. The average Bonchev–Trinajstić information content (AvgIpc) is 3.15. The number of hydrogen-bond donors (Lipinski definition) is 3. The summed E-state index contributed by atoms with van der Waals surface area (Å²) < 4.78 is 25.4. The van der Waals surface area contributed by atoms with Gasteiger partial charge in [0.25, 0.3) is 5.91 Å². The number of H-pyrrole nitrogens is 1. The molecular weight excluding hydrogens is 428 g/mol. The number of carbonyl (C=O) groups is 1. The number of piperazine rings is 1. The molecule has 0 spiro atoms. The van der Waals surface area contributed by atoms with Crippen LogP contribution in [0.4, 0.5) is 5.69 Å². The van der Waals surface area contributed by atoms with Gasteiger partial charge >= 0.3 is 0 Å². The second-order valence-electron chi connectivity index (χ2n) is 8.62. The Morgan fingerprint density at radius 1 is 1.19 bits per heavy atom. The first kappa shape index (κ1) is 22.3. The molecule has 2 aliphatic rings. The fourth-order valence-corrected chi connectivity index (χ4v) is 4.76. The normalized spacial score (nSPS) is 19.5. The Morgan fingerprint density at radius 3 is 2.62 bits per heavy atom. The molecule has 1 amide bonds. The van der Waals surface area contributed by atoms with Crippen molar-refractivity contribution >= 4 is 38.4 Å². The van der Waals surface area contributed by atoms with E-state index >= 15 is 0 Å². The van der Waals surface area contributed by atoms with Crippen molar-refractivity contribution in [3.63, 3.8) is 0 Å². The second-order valence-corrected chi connectivity index (χ2v) is 10.4. The molecule has 1 atom stereocenters. The Morgan fingerprint density at radius 2 is 1.94 bits per heavy atom. The van der Waals surface area contributed by atoms with Crippen LogP contribution in [0.3, 0.4) is 0 Å². The van der Waals surface area contributed by atoms with E-state index in [1.807, 2.05) is 11.1 Å². The molecule has 1 saturated heterocycles. The Kier molecular flexibility index (Phi) is 6.25. The fourth-order valence-electron chi connectivity index (χ4n) is 4.20. The number of hydrogen-bond acceptors (Lipinski definition) is 6. The van der Waals surface area contributed by atoms with Crippen LogP contribution in [0.25, 0.3) is 10.9 Å². The van der Waals surface area contributed by atoms with Crippen molar-refractivity contribution in [1.82, 2.24) is 20.1 Å². The summed E-state index contributed by atoms with van der Waals surface area (Å²) in [5, 5.41) is 4.35. The van der Waals surface area contributed by atoms with Gasteiger partial charge in [-0.25, -0.2) is 13.4 Å². The van der Waals surface area contributed by atoms with Crippen molar-refractivity contribution in [3.05, 3.63) is 42.2 Å². The molecule has 1 aromatic heterocycles. The lowest BCUT2D eigenvalue weighted by atomic mass is 10.1. The van der Waals surface area contributed by atoms with Crippen LogP contribution in [-0.4, -0.2) is 79.5 Å². The SMILES string of the molecule is CC(C)NC1CC=CN=C1N1CCN(C(=O)c2cc3cc(NS(C)(=O)=O)ccc3[nH]2)CC1. The lowest BCUT2D eigenvalue weighted by Gasteiger charge is -2.39. The molecule has 3 heterocycles. The highest BCUT2D eigenvalue weighted by atomic mass is 32.2. The van der Waals surface area contributed by atoms with Crippen molar-refractivity contribution in [2.75, 3.05) is 37.2 Å². The number of fused-ring (bicyclic) bond motifs is 1. The van der Waals surface area contributed by atoms with E-state index in [0.717, 1.165) is 42.5 Å². The fraction of sp³-hybridized carbons (Fsp3) is 0.455. The summed E-state index contributed by atoms with van der Waals surface area (Å²) in [6, 6.07) is 7.51. The van der Waals surface area contributed by atoms with Crippen molar-refractivity contribution in [2.45, 2.75) is 32.4 Å². The van der Waals surface area contributed by atoms with E-state index in [1.165, 1.54) is 0 Å². The summed E-state index contributed by atoms with van der Waals surface area (Å²) in [6.07, 6.45) is 5.97. The van der Waals surface area contributed by atoms with Crippen LogP contribution in [0.1, 0.15) is 30.8 Å². The molecule has 2 aliphatic heterocycles. The van der Waals surface area contributed by atoms with Crippen LogP contribution in [0, 0.1) is 0 Å². The van der Waals surface area contributed by atoms with Crippen molar-refractivity contribution in [2.24, 2.45) is 4.99 Å². The van der Waals surface area contributed by atoms with E-state index in [1.54, 1.807) is 24.3 Å². The van der Waals surface area contributed by atoms with Gasteiger partial charge in [-0.05, 0) is 30.7 Å². The van der Waals surface area contributed by atoms with E-state index in [9.17, 15) is 13.2 Å². The molecule has 1 unspecified atom stereocenters. The van der Waals surface area contributed by atoms with E-state index in [-0.39, 0.29) is 11.9 Å². The zero-order valence-corrected chi connectivity index (χ0v) is 19.4. The number of benzene rings is 1. The highest BCUT2D eigenvalue weighted by molar-refractivity contribution is 7.92. The summed E-state index contributed by atoms with van der Waals surface area (Å²) in [4.78, 5) is 25.0. The van der Waals surface area contributed by atoms with Crippen LogP contribution >= 0.6 is 0 Å². The number of sulfonamides is 1. The van der Waals surface area contributed by atoms with Gasteiger partial charge in [-0.1, -0.05) is 19.9 Å². The Labute approximate surface area is 188 Å². The number of anilines is 1. The summed E-state index contributed by atoms with van der Waals surface area (Å²) >= 11 is 0. The maximum Gasteiger partial charge on any atom is 0.270 e. The minimum atomic E-state index is -3.36. The topological polar surface area (TPSA) is 110 Å². The molecule has 1 aromatic carbocycles. The van der Waals surface area contributed by atoms with Crippen molar-refractivity contribution in [1.29, 1.82) is 0 Å². The van der Waals surface area contributed by atoms with Gasteiger partial charge in [-0.3, -0.25) is 9.52 Å². The minimum Gasteiger partial charge on any atom is -0.355 e. The maximum absolute atomic E-state index is 13.1. The van der Waals surface area contributed by atoms with Gasteiger partial charge in [0.2, 0.25) is 10.0 Å². The standard InChI is InChI=1S/C22H30N6O3S/c1-15(2)24-19-5-4-8-23-21(19)27-9-11-28(12-10-27)22(29)20-14-16-13-17(26-32(3,30)31)6-7-18(16)25-20/h4,6-8,13-15,19,24-26H,5,9-12H2,1-3H3. The third kappa shape index (κ3) is 5.13. The number of aromatic nitrogens is 1. The molecule has 10 heteroatoms. The quantitative estimate of drug-likeness (QED) is 0.635. The second kappa shape index (κ2) is 8.95. The van der Waals surface area contributed by atoms with E-state index in [2.05, 4.69) is 44.8 Å². The highest BCUT2D eigenvalue weighted by Crippen LogP contribution is 2.22. The maximum atomic E-state index is 13.1. The summed E-state index contributed by atoms with van der Waals surface area (Å²) in [7, 11) is -3.36. The first-order chi connectivity index (χ1) is 15.2. The number of aromatic amines is 1. The largest absolute Gasteiger partial charge is 0.355 e. The molecule has 0 saturated carbocycles. The van der Waals surface area contributed by atoms with Crippen LogP contribution in [0.5, 0.6) is 0 Å². The molecular formula is C22H30N6O3S. The number of aliphatic imine (C=N–C) groups is 1. The predicted octanol–water partition coefficient (Wildman–Crippen LogP) is 1.98. The van der Waals surface area contributed by atoms with Gasteiger partial charge in [0.05, 0.1) is 12.3 Å². The van der Waals surface area contributed by atoms with Gasteiger partial charge in [-0.15, -0.1) is 0 Å². The zero-order chi connectivity index (χ0) is 22.9. The Hall–Kier alpha value is -2.85. The molecule has 172 valence electrons. The Bertz CT molecular complexity index is 1160. The lowest BCUT2D eigenvalue weighted by molar-refractivity contribution is 0.0684. The molecule has 1 fully saturated rings. The molecule has 32 heavy (non-hydrogen) atoms. The van der Waals surface area contributed by atoms with Crippen LogP contribution in [0.2, 0.25) is 0 Å². The minimum absolute atomic E-state index is 0.0548. The van der Waals surface area contributed by atoms with E-state index in [4.69, 9.17) is 0 Å². The van der Waals surface area contributed by atoms with Crippen molar-refractivity contribution in [3.8, 4) is 0 Å². The molecule has 0 radical (unpaired) electrons. The molecule has 0 aliphatic carbocycles. The van der Waals surface area contributed by atoms with Gasteiger partial charge in [-0.2, -0.15) is 0 Å². The summed E-state index contributed by atoms with van der Waals surface area (Å²) in [5.74, 6) is 0.991. The number of nitrogens with zero attached hydrogens (tertiary/aromatic N) is 3. The van der Waals surface area contributed by atoms with Gasteiger partial charge in [0.1, 0.15) is 11.5 Å². The zero-order valence-electron chi connectivity index (χ0n) is 18.6. The third-order valence-electron chi connectivity index (χ3n) is 5.58. The van der Waals surface area contributed by atoms with Gasteiger partial charge < -0.3 is 20.1 Å². The average molecular weight is 459 g/mol. The van der Waals surface area contributed by atoms with Crippen LogP contribution in [-0.2, 0) is 10.0 Å². The molecule has 0 bridgehead atoms. The smallest absolute Gasteiger partial charge is 0.270 e. The van der Waals surface area contributed by atoms with Crippen LogP contribution < -0.4 is 10.0 Å².